The summed E-state index contributed by atoms with van der Waals surface area (Å²) in [6, 6.07) is 7.69. The number of anilines is 1. The highest BCUT2D eigenvalue weighted by molar-refractivity contribution is 5.48. The monoisotopic (exact) mass is 227 g/mol. The predicted molar refractivity (Wildman–Crippen MR) is 62.9 cm³/mol. The minimum atomic E-state index is -0.474. The van der Waals surface area contributed by atoms with Crippen molar-refractivity contribution in [1.82, 2.24) is 0 Å². The molecule has 0 saturated heterocycles. The summed E-state index contributed by atoms with van der Waals surface area (Å²) in [5.41, 5.74) is 0.945. The number of benzene rings is 1. The lowest BCUT2D eigenvalue weighted by Crippen LogP contribution is -2.20. The van der Waals surface area contributed by atoms with Crippen molar-refractivity contribution in [3.8, 4) is 5.75 Å². The van der Waals surface area contributed by atoms with E-state index in [1.165, 1.54) is 0 Å². The molecule has 0 spiro atoms. The average molecular weight is 227 g/mol. The van der Waals surface area contributed by atoms with Crippen LogP contribution in [0.1, 0.15) is 6.92 Å². The average Bonchev–Trinajstić information content (AvgIpc) is 2.27. The molecule has 4 heteroatoms. The molecule has 0 aliphatic heterocycles. The van der Waals surface area contributed by atoms with Crippen LogP contribution in [0.25, 0.3) is 0 Å². The number of hydrogen-bond donors (Lipinski definition) is 1. The predicted octanol–water partition coefficient (Wildman–Crippen LogP) is 2.48. The van der Waals surface area contributed by atoms with Crippen molar-refractivity contribution in [2.45, 2.75) is 13.0 Å². The van der Waals surface area contributed by atoms with Crippen LogP contribution in [0.5, 0.6) is 5.75 Å². The van der Waals surface area contributed by atoms with Gasteiger partial charge in [0.15, 0.2) is 0 Å². The molecular formula is C12H18FNO2. The second kappa shape index (κ2) is 7.06. The van der Waals surface area contributed by atoms with Crippen LogP contribution >= 0.6 is 0 Å². The van der Waals surface area contributed by atoms with Crippen LogP contribution in [0.2, 0.25) is 0 Å². The summed E-state index contributed by atoms with van der Waals surface area (Å²) in [4.78, 5) is 0. The normalized spacial score (nSPS) is 12.2. The number of alkyl halides is 1. The number of ether oxygens (including phenoxy) is 2. The fourth-order valence-corrected chi connectivity index (χ4v) is 1.41. The Hall–Kier alpha value is -1.29. The van der Waals surface area contributed by atoms with Crippen molar-refractivity contribution in [2.75, 3.05) is 32.3 Å². The van der Waals surface area contributed by atoms with E-state index in [2.05, 4.69) is 5.32 Å². The molecule has 16 heavy (non-hydrogen) atoms. The maximum atomic E-state index is 11.9. The van der Waals surface area contributed by atoms with Crippen LogP contribution in [0, 0.1) is 0 Å². The molecule has 0 saturated carbocycles. The molecule has 0 heterocycles. The zero-order valence-corrected chi connectivity index (χ0v) is 9.70. The van der Waals surface area contributed by atoms with Crippen LogP contribution in [-0.4, -0.2) is 33.0 Å². The van der Waals surface area contributed by atoms with E-state index in [4.69, 9.17) is 9.47 Å². The Morgan fingerprint density at radius 1 is 1.44 bits per heavy atom. The van der Waals surface area contributed by atoms with E-state index < -0.39 is 6.67 Å². The highest BCUT2D eigenvalue weighted by Crippen LogP contribution is 2.17. The molecule has 1 unspecified atom stereocenters. The maximum absolute atomic E-state index is 11.9. The standard InChI is InChI=1S/C12H18FNO2/c1-10(9-15-2)14-11-4-3-5-12(8-11)16-7-6-13/h3-5,8,10,14H,6-7,9H2,1-2H3. The van der Waals surface area contributed by atoms with Crippen molar-refractivity contribution < 1.29 is 13.9 Å². The summed E-state index contributed by atoms with van der Waals surface area (Å²) < 4.78 is 22.2. The van der Waals surface area contributed by atoms with Gasteiger partial charge in [-0.1, -0.05) is 6.07 Å². The molecule has 1 aromatic carbocycles. The van der Waals surface area contributed by atoms with Crippen molar-refractivity contribution in [3.63, 3.8) is 0 Å². The van der Waals surface area contributed by atoms with Gasteiger partial charge in [0.05, 0.1) is 6.61 Å². The number of rotatable bonds is 7. The smallest absolute Gasteiger partial charge is 0.123 e. The molecule has 0 aliphatic carbocycles. The molecule has 1 rings (SSSR count). The van der Waals surface area contributed by atoms with Gasteiger partial charge in [-0.2, -0.15) is 0 Å². The molecule has 1 N–H and O–H groups in total. The molecule has 0 aromatic heterocycles. The number of hydrogen-bond acceptors (Lipinski definition) is 3. The summed E-state index contributed by atoms with van der Waals surface area (Å²) in [6.45, 7) is 2.28. The van der Waals surface area contributed by atoms with E-state index in [0.717, 1.165) is 5.69 Å². The zero-order valence-electron chi connectivity index (χ0n) is 9.70. The van der Waals surface area contributed by atoms with E-state index >= 15 is 0 Å². The zero-order chi connectivity index (χ0) is 11.8. The molecule has 3 nitrogen and oxygen atoms in total. The Kier molecular flexibility index (Phi) is 5.64. The van der Waals surface area contributed by atoms with Gasteiger partial charge in [-0.15, -0.1) is 0 Å². The van der Waals surface area contributed by atoms with Crippen molar-refractivity contribution >= 4 is 5.69 Å². The Morgan fingerprint density at radius 2 is 2.25 bits per heavy atom. The van der Waals surface area contributed by atoms with Crippen LogP contribution < -0.4 is 10.1 Å². The number of halogens is 1. The van der Waals surface area contributed by atoms with Gasteiger partial charge in [0, 0.05) is 24.9 Å². The molecule has 0 radical (unpaired) electrons. The lowest BCUT2D eigenvalue weighted by atomic mass is 10.2. The summed E-state index contributed by atoms with van der Waals surface area (Å²) in [6.07, 6.45) is 0. The molecule has 0 bridgehead atoms. The van der Waals surface area contributed by atoms with Crippen molar-refractivity contribution in [1.29, 1.82) is 0 Å². The van der Waals surface area contributed by atoms with Gasteiger partial charge < -0.3 is 14.8 Å². The minimum absolute atomic E-state index is 0.0943. The van der Waals surface area contributed by atoms with Crippen LogP contribution in [0.15, 0.2) is 24.3 Å². The molecule has 0 amide bonds. The van der Waals surface area contributed by atoms with Gasteiger partial charge in [0.1, 0.15) is 19.0 Å². The first kappa shape index (κ1) is 12.8. The number of methoxy groups -OCH3 is 1. The van der Waals surface area contributed by atoms with E-state index in [1.807, 2.05) is 31.2 Å². The highest BCUT2D eigenvalue weighted by atomic mass is 19.1. The fourth-order valence-electron chi connectivity index (χ4n) is 1.41. The molecule has 90 valence electrons. The SMILES string of the molecule is COCC(C)Nc1cccc(OCCF)c1. The van der Waals surface area contributed by atoms with E-state index in [1.54, 1.807) is 7.11 Å². The first-order chi connectivity index (χ1) is 7.76. The molecule has 1 aromatic rings. The second-order valence-electron chi connectivity index (χ2n) is 3.57. The van der Waals surface area contributed by atoms with Gasteiger partial charge in [-0.05, 0) is 19.1 Å². The molecular weight excluding hydrogens is 209 g/mol. The Morgan fingerprint density at radius 3 is 2.94 bits per heavy atom. The lowest BCUT2D eigenvalue weighted by Gasteiger charge is -2.14. The number of nitrogens with one attached hydrogen (secondary N) is 1. The summed E-state index contributed by atoms with van der Waals surface area (Å²) in [5, 5.41) is 3.26. The highest BCUT2D eigenvalue weighted by Gasteiger charge is 2.02. The topological polar surface area (TPSA) is 30.5 Å². The van der Waals surface area contributed by atoms with E-state index in [-0.39, 0.29) is 12.6 Å². The minimum Gasteiger partial charge on any atom is -0.491 e. The Balaban J connectivity index is 2.52. The molecule has 1 atom stereocenters. The van der Waals surface area contributed by atoms with Crippen molar-refractivity contribution in [2.24, 2.45) is 0 Å². The largest absolute Gasteiger partial charge is 0.491 e. The molecule has 0 aliphatic rings. The summed E-state index contributed by atoms with van der Waals surface area (Å²) in [7, 11) is 1.67. The van der Waals surface area contributed by atoms with Gasteiger partial charge in [-0.3, -0.25) is 0 Å². The third kappa shape index (κ3) is 4.49. The van der Waals surface area contributed by atoms with Gasteiger partial charge in [-0.25, -0.2) is 4.39 Å². The Bertz CT molecular complexity index is 307. The first-order valence-corrected chi connectivity index (χ1v) is 5.30. The Labute approximate surface area is 95.6 Å². The van der Waals surface area contributed by atoms with Crippen LogP contribution in [-0.2, 0) is 4.74 Å². The lowest BCUT2D eigenvalue weighted by molar-refractivity contribution is 0.190. The van der Waals surface area contributed by atoms with Gasteiger partial charge >= 0.3 is 0 Å². The third-order valence-electron chi connectivity index (χ3n) is 2.01. The van der Waals surface area contributed by atoms with Gasteiger partial charge in [0.2, 0.25) is 0 Å². The quantitative estimate of drug-likeness (QED) is 0.776. The van der Waals surface area contributed by atoms with E-state index in [9.17, 15) is 4.39 Å². The third-order valence-corrected chi connectivity index (χ3v) is 2.01. The van der Waals surface area contributed by atoms with Crippen molar-refractivity contribution in [3.05, 3.63) is 24.3 Å². The van der Waals surface area contributed by atoms with Gasteiger partial charge in [0.25, 0.3) is 0 Å². The maximum Gasteiger partial charge on any atom is 0.123 e. The summed E-state index contributed by atoms with van der Waals surface area (Å²) in [5.74, 6) is 0.673. The summed E-state index contributed by atoms with van der Waals surface area (Å²) >= 11 is 0. The first-order valence-electron chi connectivity index (χ1n) is 5.30. The fraction of sp³-hybridized carbons (Fsp3) is 0.500. The van der Waals surface area contributed by atoms with Crippen LogP contribution in [0.3, 0.4) is 0 Å². The van der Waals surface area contributed by atoms with E-state index in [0.29, 0.717) is 12.4 Å². The second-order valence-corrected chi connectivity index (χ2v) is 3.57. The molecule has 0 fully saturated rings. The van der Waals surface area contributed by atoms with Crippen LogP contribution in [0.4, 0.5) is 10.1 Å².